The van der Waals surface area contributed by atoms with E-state index >= 15 is 0 Å². The molecule has 172 valence electrons. The predicted octanol–water partition coefficient (Wildman–Crippen LogP) is 2.05. The van der Waals surface area contributed by atoms with Crippen LogP contribution in [-0.4, -0.2) is 57.4 Å². The van der Waals surface area contributed by atoms with E-state index in [-0.39, 0.29) is 41.1 Å². The van der Waals surface area contributed by atoms with Gasteiger partial charge in [-0.1, -0.05) is 0 Å². The molecule has 2 aromatic rings. The highest BCUT2D eigenvalue weighted by Crippen LogP contribution is 2.33. The van der Waals surface area contributed by atoms with Gasteiger partial charge in [-0.15, -0.1) is 0 Å². The van der Waals surface area contributed by atoms with E-state index in [0.29, 0.717) is 31.3 Å². The third kappa shape index (κ3) is 4.47. The number of carbonyl (C=O) groups excluding carboxylic acids is 2. The maximum absolute atomic E-state index is 13.2. The van der Waals surface area contributed by atoms with Crippen molar-refractivity contribution in [3.05, 3.63) is 30.1 Å². The van der Waals surface area contributed by atoms with E-state index in [1.165, 1.54) is 19.3 Å². The van der Waals surface area contributed by atoms with Gasteiger partial charge in [0.2, 0.25) is 11.8 Å². The number of rotatable bonds is 4. The quantitative estimate of drug-likeness (QED) is 0.657. The van der Waals surface area contributed by atoms with Crippen LogP contribution < -0.4 is 16.4 Å². The van der Waals surface area contributed by atoms with Gasteiger partial charge in [0, 0.05) is 24.9 Å². The zero-order valence-electron chi connectivity index (χ0n) is 17.5. The highest BCUT2D eigenvalue weighted by molar-refractivity contribution is 5.93. The third-order valence-electron chi connectivity index (χ3n) is 6.16. The van der Waals surface area contributed by atoms with Crippen LogP contribution >= 0.6 is 0 Å². The topological polar surface area (TPSA) is 113 Å². The average Bonchev–Trinajstić information content (AvgIpc) is 3.07. The number of anilines is 1. The zero-order valence-corrected chi connectivity index (χ0v) is 17.5. The Morgan fingerprint density at radius 1 is 1.22 bits per heavy atom. The summed E-state index contributed by atoms with van der Waals surface area (Å²) in [6.45, 7) is 1.91. The number of alkyl halides is 3. The lowest BCUT2D eigenvalue weighted by atomic mass is 9.86. The molecule has 11 heteroatoms. The Labute approximate surface area is 182 Å². The molecule has 8 nitrogen and oxygen atoms in total. The van der Waals surface area contributed by atoms with Gasteiger partial charge in [0.15, 0.2) is 0 Å². The van der Waals surface area contributed by atoms with Crippen molar-refractivity contribution in [3.8, 4) is 0 Å². The SMILES string of the molecule is CC(=O)NC1CC(N)CCC1N1CCC(Nc2ncnc3ccc(C(F)(F)F)cc23)C1=O. The average molecular weight is 450 g/mol. The summed E-state index contributed by atoms with van der Waals surface area (Å²) in [5.74, 6) is -0.159. The summed E-state index contributed by atoms with van der Waals surface area (Å²) in [6.07, 6.45) is -0.761. The van der Waals surface area contributed by atoms with E-state index in [0.717, 1.165) is 18.6 Å². The molecule has 2 aliphatic rings. The van der Waals surface area contributed by atoms with Crippen molar-refractivity contribution < 1.29 is 22.8 Å². The van der Waals surface area contributed by atoms with Crippen molar-refractivity contribution in [3.63, 3.8) is 0 Å². The van der Waals surface area contributed by atoms with Crippen LogP contribution in [0.4, 0.5) is 19.0 Å². The van der Waals surface area contributed by atoms with Crippen LogP contribution in [0.1, 0.15) is 38.2 Å². The molecule has 1 aliphatic heterocycles. The Hall–Kier alpha value is -2.95. The fraction of sp³-hybridized carbons (Fsp3) is 0.524. The summed E-state index contributed by atoms with van der Waals surface area (Å²) < 4.78 is 39.5. The lowest BCUT2D eigenvalue weighted by molar-refractivity contribution is -0.137. The molecule has 2 heterocycles. The highest BCUT2D eigenvalue weighted by atomic mass is 19.4. The van der Waals surface area contributed by atoms with Gasteiger partial charge < -0.3 is 21.3 Å². The molecule has 2 amide bonds. The van der Waals surface area contributed by atoms with Gasteiger partial charge in [0.05, 0.1) is 23.2 Å². The van der Waals surface area contributed by atoms with Crippen molar-refractivity contribution >= 4 is 28.5 Å². The molecule has 2 fully saturated rings. The zero-order chi connectivity index (χ0) is 23.0. The summed E-state index contributed by atoms with van der Waals surface area (Å²) in [6, 6.07) is 2.19. The van der Waals surface area contributed by atoms with Gasteiger partial charge >= 0.3 is 6.18 Å². The molecular formula is C21H25F3N6O2. The summed E-state index contributed by atoms with van der Waals surface area (Å²) >= 11 is 0. The number of nitrogens with one attached hydrogen (secondary N) is 2. The summed E-state index contributed by atoms with van der Waals surface area (Å²) in [5, 5.41) is 6.13. The summed E-state index contributed by atoms with van der Waals surface area (Å²) in [5.41, 5.74) is 5.61. The van der Waals surface area contributed by atoms with Crippen LogP contribution in [0, 0.1) is 0 Å². The fourth-order valence-corrected chi connectivity index (χ4v) is 4.65. The lowest BCUT2D eigenvalue weighted by Crippen LogP contribution is -2.57. The number of hydrogen-bond donors (Lipinski definition) is 3. The number of likely N-dealkylation sites (tertiary alicyclic amines) is 1. The maximum atomic E-state index is 13.2. The number of hydrogen-bond acceptors (Lipinski definition) is 6. The number of halogens is 3. The molecule has 1 aromatic carbocycles. The van der Waals surface area contributed by atoms with Crippen LogP contribution in [-0.2, 0) is 15.8 Å². The molecule has 1 aliphatic carbocycles. The van der Waals surface area contributed by atoms with E-state index in [4.69, 9.17) is 5.73 Å². The van der Waals surface area contributed by atoms with Crippen molar-refractivity contribution in [1.29, 1.82) is 0 Å². The van der Waals surface area contributed by atoms with Gasteiger partial charge in [-0.3, -0.25) is 9.59 Å². The largest absolute Gasteiger partial charge is 0.416 e. The van der Waals surface area contributed by atoms with Crippen molar-refractivity contribution in [2.75, 3.05) is 11.9 Å². The number of aromatic nitrogens is 2. The molecule has 0 spiro atoms. The van der Waals surface area contributed by atoms with Gasteiger partial charge in [0.1, 0.15) is 18.2 Å². The molecule has 1 saturated carbocycles. The van der Waals surface area contributed by atoms with Crippen LogP contribution in [0.5, 0.6) is 0 Å². The van der Waals surface area contributed by atoms with Crippen molar-refractivity contribution in [1.82, 2.24) is 20.2 Å². The Kier molecular flexibility index (Phi) is 5.93. The molecular weight excluding hydrogens is 425 g/mol. The van der Waals surface area contributed by atoms with Crippen LogP contribution in [0.3, 0.4) is 0 Å². The molecule has 0 radical (unpaired) electrons. The molecule has 32 heavy (non-hydrogen) atoms. The molecule has 4 unspecified atom stereocenters. The van der Waals surface area contributed by atoms with Crippen LogP contribution in [0.2, 0.25) is 0 Å². The maximum Gasteiger partial charge on any atom is 0.416 e. The second-order valence-electron chi connectivity index (χ2n) is 8.42. The molecule has 4 rings (SSSR count). The van der Waals surface area contributed by atoms with E-state index in [2.05, 4.69) is 20.6 Å². The number of carbonyl (C=O) groups is 2. The minimum Gasteiger partial charge on any atom is -0.358 e. The summed E-state index contributed by atoms with van der Waals surface area (Å²) in [4.78, 5) is 34.7. The molecule has 4 atom stereocenters. The van der Waals surface area contributed by atoms with E-state index in [9.17, 15) is 22.8 Å². The molecule has 4 N–H and O–H groups in total. The monoisotopic (exact) mass is 450 g/mol. The van der Waals surface area contributed by atoms with Gasteiger partial charge in [0.25, 0.3) is 0 Å². The predicted molar refractivity (Wildman–Crippen MR) is 111 cm³/mol. The van der Waals surface area contributed by atoms with E-state index in [1.807, 2.05) is 0 Å². The van der Waals surface area contributed by atoms with Crippen LogP contribution in [0.15, 0.2) is 24.5 Å². The smallest absolute Gasteiger partial charge is 0.358 e. The van der Waals surface area contributed by atoms with E-state index < -0.39 is 17.8 Å². The lowest BCUT2D eigenvalue weighted by Gasteiger charge is -2.40. The fourth-order valence-electron chi connectivity index (χ4n) is 4.65. The number of benzene rings is 1. The van der Waals surface area contributed by atoms with Crippen LogP contribution in [0.25, 0.3) is 10.9 Å². The normalized spacial score (nSPS) is 26.4. The Balaban J connectivity index is 1.55. The first-order valence-electron chi connectivity index (χ1n) is 10.5. The molecule has 1 aromatic heterocycles. The van der Waals surface area contributed by atoms with Gasteiger partial charge in [-0.05, 0) is 43.9 Å². The second kappa shape index (κ2) is 8.53. The molecule has 1 saturated heterocycles. The van der Waals surface area contributed by atoms with E-state index in [1.54, 1.807) is 4.90 Å². The van der Waals surface area contributed by atoms with Crippen molar-refractivity contribution in [2.24, 2.45) is 5.73 Å². The third-order valence-corrected chi connectivity index (χ3v) is 6.16. The molecule has 0 bridgehead atoms. The van der Waals surface area contributed by atoms with Gasteiger partial charge in [-0.25, -0.2) is 9.97 Å². The Morgan fingerprint density at radius 2 is 2.00 bits per heavy atom. The minimum atomic E-state index is -4.50. The first-order valence-corrected chi connectivity index (χ1v) is 10.5. The number of amides is 2. The second-order valence-corrected chi connectivity index (χ2v) is 8.42. The number of nitrogens with two attached hydrogens (primary N) is 1. The first-order chi connectivity index (χ1) is 15.1. The number of fused-ring (bicyclic) bond motifs is 1. The van der Waals surface area contributed by atoms with Crippen molar-refractivity contribution in [2.45, 2.75) is 63.0 Å². The Morgan fingerprint density at radius 3 is 2.72 bits per heavy atom. The minimum absolute atomic E-state index is 0.0371. The highest BCUT2D eigenvalue weighted by Gasteiger charge is 2.41. The summed E-state index contributed by atoms with van der Waals surface area (Å²) in [7, 11) is 0. The number of nitrogens with zero attached hydrogens (tertiary/aromatic N) is 3. The Bertz CT molecular complexity index is 1030. The van der Waals surface area contributed by atoms with Gasteiger partial charge in [-0.2, -0.15) is 13.2 Å². The first kappa shape index (κ1) is 22.3. The standard InChI is InChI=1S/C21H25F3N6O2/c1-11(31)28-17-9-13(25)3-5-18(17)30-7-6-16(20(30)32)29-19-14-8-12(21(22,23)24)2-4-15(14)26-10-27-19/h2,4,8,10,13,16-18H,3,5-7,9,25H2,1H3,(H,28,31)(H,26,27,29).